The number of nitrogens with zero attached hydrogens (tertiary/aromatic N) is 2. The molecule has 0 spiro atoms. The van der Waals surface area contributed by atoms with Crippen LogP contribution in [0.4, 0.5) is 17.3 Å². The number of hydrogen-bond acceptors (Lipinski definition) is 5. The van der Waals surface area contributed by atoms with Crippen LogP contribution < -0.4 is 11.1 Å². The summed E-state index contributed by atoms with van der Waals surface area (Å²) in [5.41, 5.74) is 6.76. The fourth-order valence-corrected chi connectivity index (χ4v) is 2.06. The van der Waals surface area contributed by atoms with E-state index >= 15 is 0 Å². The summed E-state index contributed by atoms with van der Waals surface area (Å²) in [6, 6.07) is 9.67. The van der Waals surface area contributed by atoms with Gasteiger partial charge in [-0.2, -0.15) is 0 Å². The van der Waals surface area contributed by atoms with E-state index < -0.39 is 0 Å². The number of nitrogens with two attached hydrogens (primary N) is 1. The predicted octanol–water partition coefficient (Wildman–Crippen LogP) is 2.94. The molecule has 0 unspecified atom stereocenters. The van der Waals surface area contributed by atoms with Gasteiger partial charge in [0.1, 0.15) is 18.2 Å². The first kappa shape index (κ1) is 14.0. The van der Waals surface area contributed by atoms with E-state index in [2.05, 4.69) is 37.9 Å². The quantitative estimate of drug-likeness (QED) is 0.792. The molecule has 1 aromatic heterocycles. The lowest BCUT2D eigenvalue weighted by Gasteiger charge is -2.09. The molecule has 0 saturated heterocycles. The molecule has 0 fully saturated rings. The highest BCUT2D eigenvalue weighted by atomic mass is 127. The first-order valence-corrected chi connectivity index (χ1v) is 6.99. The number of benzene rings is 1. The first-order valence-electron chi connectivity index (χ1n) is 5.91. The fourth-order valence-electron chi connectivity index (χ4n) is 1.54. The molecule has 2 aromatic rings. The number of halogens is 1. The van der Waals surface area contributed by atoms with E-state index in [1.54, 1.807) is 6.07 Å². The molecule has 100 valence electrons. The van der Waals surface area contributed by atoms with Crippen molar-refractivity contribution < 1.29 is 4.74 Å². The van der Waals surface area contributed by atoms with Crippen LogP contribution in [-0.4, -0.2) is 16.6 Å². The van der Waals surface area contributed by atoms with Gasteiger partial charge in [0, 0.05) is 16.2 Å². The van der Waals surface area contributed by atoms with Gasteiger partial charge in [0.05, 0.1) is 5.69 Å². The zero-order chi connectivity index (χ0) is 13.7. The van der Waals surface area contributed by atoms with E-state index in [4.69, 9.17) is 10.5 Å². The second kappa shape index (κ2) is 6.67. The Bertz CT molecular complexity index is 562. The fraction of sp³-hybridized carbons (Fsp3) is 0.231. The predicted molar refractivity (Wildman–Crippen MR) is 84.2 cm³/mol. The Hall–Kier alpha value is -1.41. The third kappa shape index (κ3) is 4.03. The smallest absolute Gasteiger partial charge is 0.158 e. The summed E-state index contributed by atoms with van der Waals surface area (Å²) in [5, 5.41) is 3.24. The lowest BCUT2D eigenvalue weighted by atomic mass is 10.3. The van der Waals surface area contributed by atoms with Crippen molar-refractivity contribution in [3.05, 3.63) is 39.7 Å². The van der Waals surface area contributed by atoms with Gasteiger partial charge in [-0.05, 0) is 41.6 Å². The highest BCUT2D eigenvalue weighted by Crippen LogP contribution is 2.21. The number of hydrogen-bond donors (Lipinski definition) is 2. The van der Waals surface area contributed by atoms with Crippen molar-refractivity contribution in [2.24, 2.45) is 0 Å². The van der Waals surface area contributed by atoms with Crippen molar-refractivity contribution in [1.29, 1.82) is 0 Å². The van der Waals surface area contributed by atoms with Crippen LogP contribution in [0.25, 0.3) is 0 Å². The van der Waals surface area contributed by atoms with Gasteiger partial charge < -0.3 is 15.8 Å². The number of nitrogen functional groups attached to an aromatic ring is 1. The van der Waals surface area contributed by atoms with E-state index in [1.807, 2.05) is 31.2 Å². The van der Waals surface area contributed by atoms with Crippen LogP contribution in [0.1, 0.15) is 12.7 Å². The largest absolute Gasteiger partial charge is 0.384 e. The molecule has 0 radical (unpaired) electrons. The summed E-state index contributed by atoms with van der Waals surface area (Å²) in [6.45, 7) is 2.91. The molecule has 1 aromatic carbocycles. The van der Waals surface area contributed by atoms with Gasteiger partial charge in [0.25, 0.3) is 0 Å². The molecule has 5 nitrogen and oxygen atoms in total. The summed E-state index contributed by atoms with van der Waals surface area (Å²) in [6.07, 6.45) is 0. The average Bonchev–Trinajstić information content (AvgIpc) is 2.38. The Morgan fingerprint density at radius 1 is 1.32 bits per heavy atom. The molecule has 0 saturated carbocycles. The molecule has 1 heterocycles. The van der Waals surface area contributed by atoms with Gasteiger partial charge in [-0.25, -0.2) is 9.97 Å². The molecule has 6 heteroatoms. The van der Waals surface area contributed by atoms with Crippen LogP contribution in [0.5, 0.6) is 0 Å². The van der Waals surface area contributed by atoms with Crippen molar-refractivity contribution in [3.63, 3.8) is 0 Å². The van der Waals surface area contributed by atoms with Gasteiger partial charge in [-0.3, -0.25) is 0 Å². The van der Waals surface area contributed by atoms with Crippen LogP contribution in [0.2, 0.25) is 0 Å². The van der Waals surface area contributed by atoms with Crippen LogP contribution in [0, 0.1) is 3.57 Å². The Labute approximate surface area is 125 Å². The number of rotatable bonds is 5. The lowest BCUT2D eigenvalue weighted by Crippen LogP contribution is -2.05. The summed E-state index contributed by atoms with van der Waals surface area (Å²) in [4.78, 5) is 8.51. The Morgan fingerprint density at radius 3 is 2.84 bits per heavy atom. The second-order valence-corrected chi connectivity index (χ2v) is 5.00. The third-order valence-electron chi connectivity index (χ3n) is 2.36. The zero-order valence-corrected chi connectivity index (χ0v) is 12.7. The average molecular weight is 370 g/mol. The second-order valence-electron chi connectivity index (χ2n) is 3.84. The van der Waals surface area contributed by atoms with Gasteiger partial charge in [-0.15, -0.1) is 0 Å². The summed E-state index contributed by atoms with van der Waals surface area (Å²) < 4.78 is 6.41. The first-order chi connectivity index (χ1) is 9.19. The van der Waals surface area contributed by atoms with Gasteiger partial charge in [-0.1, -0.05) is 12.1 Å². The number of nitrogens with one attached hydrogen (secondary N) is 1. The SMILES string of the molecule is CCOCc1nc(N)cc(Nc2ccccc2I)n1. The van der Waals surface area contributed by atoms with Gasteiger partial charge in [0.15, 0.2) is 5.82 Å². The number of anilines is 3. The van der Waals surface area contributed by atoms with Crippen molar-refractivity contribution in [1.82, 2.24) is 9.97 Å². The van der Waals surface area contributed by atoms with Gasteiger partial charge in [0.2, 0.25) is 0 Å². The third-order valence-corrected chi connectivity index (χ3v) is 3.30. The van der Waals surface area contributed by atoms with E-state index in [0.29, 0.717) is 30.7 Å². The van der Waals surface area contributed by atoms with E-state index in [-0.39, 0.29) is 0 Å². The molecule has 0 aliphatic rings. The molecule has 0 bridgehead atoms. The molecule has 19 heavy (non-hydrogen) atoms. The summed E-state index contributed by atoms with van der Waals surface area (Å²) in [7, 11) is 0. The minimum atomic E-state index is 0.363. The Kier molecular flexibility index (Phi) is 4.92. The monoisotopic (exact) mass is 370 g/mol. The Balaban J connectivity index is 2.20. The zero-order valence-electron chi connectivity index (χ0n) is 10.6. The topological polar surface area (TPSA) is 73.1 Å². The maximum Gasteiger partial charge on any atom is 0.158 e. The summed E-state index contributed by atoms with van der Waals surface area (Å²) in [5.74, 6) is 1.68. The molecule has 0 aliphatic carbocycles. The standard InChI is InChI=1S/C13H15IN4O/c1-2-19-8-13-17-11(15)7-12(18-13)16-10-6-4-3-5-9(10)14/h3-7H,2,8H2,1H3,(H3,15,16,17,18). The molecular weight excluding hydrogens is 355 g/mol. The van der Waals surface area contributed by atoms with E-state index in [9.17, 15) is 0 Å². The highest BCUT2D eigenvalue weighted by Gasteiger charge is 2.05. The summed E-state index contributed by atoms with van der Waals surface area (Å²) >= 11 is 2.27. The molecule has 0 aliphatic heterocycles. The van der Waals surface area contributed by atoms with Gasteiger partial charge >= 0.3 is 0 Å². The molecule has 3 N–H and O–H groups in total. The minimum absolute atomic E-state index is 0.363. The van der Waals surface area contributed by atoms with Crippen molar-refractivity contribution in [2.75, 3.05) is 17.7 Å². The molecular formula is C13H15IN4O. The maximum atomic E-state index is 5.77. The minimum Gasteiger partial charge on any atom is -0.384 e. The van der Waals surface area contributed by atoms with Crippen LogP contribution in [0.15, 0.2) is 30.3 Å². The van der Waals surface area contributed by atoms with Crippen molar-refractivity contribution in [2.45, 2.75) is 13.5 Å². The number of ether oxygens (including phenoxy) is 1. The van der Waals surface area contributed by atoms with E-state index in [0.717, 1.165) is 9.26 Å². The number of para-hydroxylation sites is 1. The number of aromatic nitrogens is 2. The molecule has 2 rings (SSSR count). The lowest BCUT2D eigenvalue weighted by molar-refractivity contribution is 0.128. The molecule has 0 atom stereocenters. The highest BCUT2D eigenvalue weighted by molar-refractivity contribution is 14.1. The van der Waals surface area contributed by atoms with Crippen LogP contribution in [-0.2, 0) is 11.3 Å². The van der Waals surface area contributed by atoms with Crippen LogP contribution in [0.3, 0.4) is 0 Å². The van der Waals surface area contributed by atoms with E-state index in [1.165, 1.54) is 0 Å². The maximum absolute atomic E-state index is 5.77. The van der Waals surface area contributed by atoms with Crippen LogP contribution >= 0.6 is 22.6 Å². The van der Waals surface area contributed by atoms with Crippen molar-refractivity contribution >= 4 is 39.9 Å². The molecule has 0 amide bonds. The van der Waals surface area contributed by atoms with Crippen molar-refractivity contribution in [3.8, 4) is 0 Å². The normalized spacial score (nSPS) is 10.4. The Morgan fingerprint density at radius 2 is 2.11 bits per heavy atom.